The van der Waals surface area contributed by atoms with Crippen LogP contribution in [0.2, 0.25) is 0 Å². The largest absolute Gasteiger partial charge is 0.464 e. The summed E-state index contributed by atoms with van der Waals surface area (Å²) in [6.07, 6.45) is 1.14. The van der Waals surface area contributed by atoms with Gasteiger partial charge in [0.1, 0.15) is 6.61 Å². The number of carbonyl (C=O) groups excluding carboxylic acids is 2. The summed E-state index contributed by atoms with van der Waals surface area (Å²) < 4.78 is 5.23. The van der Waals surface area contributed by atoms with Gasteiger partial charge in [0.2, 0.25) is 5.91 Å². The zero-order valence-electron chi connectivity index (χ0n) is 18.4. The summed E-state index contributed by atoms with van der Waals surface area (Å²) in [5, 5.41) is 6.50. The number of amides is 1. The molecule has 2 N–H and O–H groups in total. The molecule has 5 nitrogen and oxygen atoms in total. The first-order valence-electron chi connectivity index (χ1n) is 10.9. The SMILES string of the molecule is CC(=O)OC[C@@H](Cc1ccccc1)NC(=O)[C@H](Cc1ccccc1)NCc1ccccc1. The van der Waals surface area contributed by atoms with Crippen LogP contribution in [0.5, 0.6) is 0 Å². The second kappa shape index (κ2) is 12.4. The Morgan fingerprint density at radius 2 is 1.25 bits per heavy atom. The van der Waals surface area contributed by atoms with E-state index in [0.29, 0.717) is 19.4 Å². The normalized spacial score (nSPS) is 12.5. The van der Waals surface area contributed by atoms with Crippen molar-refractivity contribution in [1.29, 1.82) is 0 Å². The number of esters is 1. The second-order valence-corrected chi connectivity index (χ2v) is 7.81. The average molecular weight is 431 g/mol. The second-order valence-electron chi connectivity index (χ2n) is 7.81. The summed E-state index contributed by atoms with van der Waals surface area (Å²) in [4.78, 5) is 24.7. The van der Waals surface area contributed by atoms with Gasteiger partial charge in [-0.2, -0.15) is 0 Å². The Labute approximate surface area is 189 Å². The number of benzene rings is 3. The van der Waals surface area contributed by atoms with Gasteiger partial charge in [0.25, 0.3) is 0 Å². The van der Waals surface area contributed by atoms with Gasteiger partial charge in [0.05, 0.1) is 12.1 Å². The molecule has 0 heterocycles. The molecule has 3 aromatic carbocycles. The predicted molar refractivity (Wildman–Crippen MR) is 126 cm³/mol. The lowest BCUT2D eigenvalue weighted by Crippen LogP contribution is -2.50. The van der Waals surface area contributed by atoms with Gasteiger partial charge in [-0.25, -0.2) is 0 Å². The van der Waals surface area contributed by atoms with E-state index in [1.165, 1.54) is 6.92 Å². The molecular weight excluding hydrogens is 400 g/mol. The first kappa shape index (κ1) is 23.2. The fourth-order valence-electron chi connectivity index (χ4n) is 3.51. The van der Waals surface area contributed by atoms with E-state index in [2.05, 4.69) is 10.6 Å². The van der Waals surface area contributed by atoms with Crippen LogP contribution in [0.1, 0.15) is 23.6 Å². The summed E-state index contributed by atoms with van der Waals surface area (Å²) in [5.74, 6) is -0.474. The Balaban J connectivity index is 1.71. The minimum Gasteiger partial charge on any atom is -0.464 e. The van der Waals surface area contributed by atoms with Gasteiger partial charge in [-0.05, 0) is 29.5 Å². The predicted octanol–water partition coefficient (Wildman–Crippen LogP) is 3.68. The van der Waals surface area contributed by atoms with Crippen LogP contribution in [-0.2, 0) is 33.7 Å². The van der Waals surface area contributed by atoms with Crippen LogP contribution in [0.15, 0.2) is 91.0 Å². The maximum atomic E-state index is 13.3. The van der Waals surface area contributed by atoms with E-state index in [-0.39, 0.29) is 24.5 Å². The molecule has 0 spiro atoms. The molecule has 5 heteroatoms. The van der Waals surface area contributed by atoms with Crippen molar-refractivity contribution in [3.8, 4) is 0 Å². The summed E-state index contributed by atoms with van der Waals surface area (Å²) in [6.45, 7) is 2.09. The zero-order valence-corrected chi connectivity index (χ0v) is 18.4. The van der Waals surface area contributed by atoms with Gasteiger partial charge in [-0.3, -0.25) is 9.59 Å². The van der Waals surface area contributed by atoms with Crippen LogP contribution >= 0.6 is 0 Å². The lowest BCUT2D eigenvalue weighted by molar-refractivity contribution is -0.142. The smallest absolute Gasteiger partial charge is 0.302 e. The van der Waals surface area contributed by atoms with Crippen LogP contribution in [0.4, 0.5) is 0 Å². The molecule has 0 aliphatic rings. The van der Waals surface area contributed by atoms with Crippen LogP contribution in [0.25, 0.3) is 0 Å². The van der Waals surface area contributed by atoms with E-state index < -0.39 is 6.04 Å². The number of carbonyl (C=O) groups is 2. The molecule has 0 aliphatic heterocycles. The lowest BCUT2D eigenvalue weighted by Gasteiger charge is -2.24. The van der Waals surface area contributed by atoms with Crippen molar-refractivity contribution in [2.75, 3.05) is 6.61 Å². The van der Waals surface area contributed by atoms with Crippen LogP contribution in [0, 0.1) is 0 Å². The van der Waals surface area contributed by atoms with Gasteiger partial charge in [-0.15, -0.1) is 0 Å². The van der Waals surface area contributed by atoms with Gasteiger partial charge in [0.15, 0.2) is 0 Å². The molecule has 32 heavy (non-hydrogen) atoms. The molecule has 0 saturated carbocycles. The monoisotopic (exact) mass is 430 g/mol. The zero-order chi connectivity index (χ0) is 22.6. The molecule has 2 atom stereocenters. The number of nitrogens with one attached hydrogen (secondary N) is 2. The number of hydrogen-bond acceptors (Lipinski definition) is 4. The minimum atomic E-state index is -0.423. The molecule has 0 aromatic heterocycles. The molecule has 0 radical (unpaired) electrons. The number of hydrogen-bond donors (Lipinski definition) is 2. The van der Waals surface area contributed by atoms with E-state index in [4.69, 9.17) is 4.74 Å². The van der Waals surface area contributed by atoms with Crippen LogP contribution < -0.4 is 10.6 Å². The topological polar surface area (TPSA) is 67.4 Å². The number of ether oxygens (including phenoxy) is 1. The van der Waals surface area contributed by atoms with Crippen molar-refractivity contribution in [3.05, 3.63) is 108 Å². The van der Waals surface area contributed by atoms with E-state index in [1.54, 1.807) is 0 Å². The summed E-state index contributed by atoms with van der Waals surface area (Å²) in [7, 11) is 0. The van der Waals surface area contributed by atoms with Crippen molar-refractivity contribution < 1.29 is 14.3 Å². The third kappa shape index (κ3) is 8.00. The van der Waals surface area contributed by atoms with Gasteiger partial charge in [-0.1, -0.05) is 91.0 Å². The van der Waals surface area contributed by atoms with Crippen molar-refractivity contribution in [1.82, 2.24) is 10.6 Å². The van der Waals surface area contributed by atoms with Gasteiger partial charge >= 0.3 is 5.97 Å². The van der Waals surface area contributed by atoms with Crippen molar-refractivity contribution in [2.45, 2.75) is 38.4 Å². The Kier molecular flexibility index (Phi) is 9.02. The molecule has 0 saturated heterocycles. The molecule has 0 unspecified atom stereocenters. The summed E-state index contributed by atoms with van der Waals surface area (Å²) in [6, 6.07) is 29.1. The maximum Gasteiger partial charge on any atom is 0.302 e. The van der Waals surface area contributed by atoms with Gasteiger partial charge < -0.3 is 15.4 Å². The molecule has 1 amide bonds. The molecule has 0 aliphatic carbocycles. The Bertz CT molecular complexity index is 962. The first-order chi connectivity index (χ1) is 15.6. The molecule has 3 aromatic rings. The molecular formula is C27H30N2O3. The van der Waals surface area contributed by atoms with Crippen LogP contribution in [-0.4, -0.2) is 30.6 Å². The third-order valence-corrected chi connectivity index (χ3v) is 5.15. The van der Waals surface area contributed by atoms with E-state index in [1.807, 2.05) is 91.0 Å². The number of rotatable bonds is 11. The van der Waals surface area contributed by atoms with E-state index in [9.17, 15) is 9.59 Å². The van der Waals surface area contributed by atoms with E-state index >= 15 is 0 Å². The van der Waals surface area contributed by atoms with Crippen molar-refractivity contribution >= 4 is 11.9 Å². The average Bonchev–Trinajstić information content (AvgIpc) is 2.82. The molecule has 166 valence electrons. The van der Waals surface area contributed by atoms with Gasteiger partial charge in [0, 0.05) is 13.5 Å². The maximum absolute atomic E-state index is 13.3. The summed E-state index contributed by atoms with van der Waals surface area (Å²) in [5.41, 5.74) is 3.26. The molecule has 3 rings (SSSR count). The standard InChI is InChI=1S/C27H30N2O3/c1-21(30)32-20-25(17-22-11-5-2-6-12-22)29-27(31)26(18-23-13-7-3-8-14-23)28-19-24-15-9-4-10-16-24/h2-16,25-26,28H,17-20H2,1H3,(H,29,31)/t25-,26+/m1/s1. The fraction of sp³-hybridized carbons (Fsp3) is 0.259. The molecule has 0 bridgehead atoms. The summed E-state index contributed by atoms with van der Waals surface area (Å²) >= 11 is 0. The fourth-order valence-corrected chi connectivity index (χ4v) is 3.51. The third-order valence-electron chi connectivity index (χ3n) is 5.15. The van der Waals surface area contributed by atoms with Crippen LogP contribution in [0.3, 0.4) is 0 Å². The highest BCUT2D eigenvalue weighted by Crippen LogP contribution is 2.08. The van der Waals surface area contributed by atoms with Crippen molar-refractivity contribution in [2.24, 2.45) is 0 Å². The quantitative estimate of drug-likeness (QED) is 0.456. The highest BCUT2D eigenvalue weighted by atomic mass is 16.5. The Hall–Kier alpha value is -3.44. The molecule has 0 fully saturated rings. The Morgan fingerprint density at radius 3 is 1.78 bits per heavy atom. The van der Waals surface area contributed by atoms with E-state index in [0.717, 1.165) is 16.7 Å². The lowest BCUT2D eigenvalue weighted by atomic mass is 10.0. The highest BCUT2D eigenvalue weighted by molar-refractivity contribution is 5.82. The highest BCUT2D eigenvalue weighted by Gasteiger charge is 2.22. The Morgan fingerprint density at radius 1 is 0.750 bits per heavy atom. The van der Waals surface area contributed by atoms with Crippen molar-refractivity contribution in [3.63, 3.8) is 0 Å². The minimum absolute atomic E-state index is 0.113. The first-order valence-corrected chi connectivity index (χ1v) is 10.9.